The van der Waals surface area contributed by atoms with Crippen LogP contribution >= 0.6 is 11.8 Å². The zero-order chi connectivity index (χ0) is 8.81. The molecule has 0 amide bonds. The third kappa shape index (κ3) is 2.88. The van der Waals surface area contributed by atoms with Crippen molar-refractivity contribution in [1.82, 2.24) is 0 Å². The van der Waals surface area contributed by atoms with Gasteiger partial charge in [0.15, 0.2) is 5.17 Å². The molecule has 2 nitrogen and oxygen atoms in total. The molecule has 1 aromatic carbocycles. The van der Waals surface area contributed by atoms with Crippen molar-refractivity contribution in [3.05, 3.63) is 35.9 Å². The van der Waals surface area contributed by atoms with Crippen molar-refractivity contribution in [1.29, 1.82) is 5.41 Å². The zero-order valence-corrected chi connectivity index (χ0v) is 7.64. The maximum Gasteiger partial charge on any atom is 0.179 e. The van der Waals surface area contributed by atoms with Gasteiger partial charge in [-0.1, -0.05) is 42.1 Å². The Balaban J connectivity index is 2.64. The van der Waals surface area contributed by atoms with Crippen LogP contribution in [0.3, 0.4) is 0 Å². The summed E-state index contributed by atoms with van der Waals surface area (Å²) in [5.74, 6) is 0. The Labute approximate surface area is 76.2 Å². The molecule has 1 rings (SSSR count). The second-order valence-electron chi connectivity index (χ2n) is 2.18. The normalized spacial score (nSPS) is 10.4. The van der Waals surface area contributed by atoms with Crippen LogP contribution in [0.1, 0.15) is 5.56 Å². The zero-order valence-electron chi connectivity index (χ0n) is 6.82. The molecular weight excluding hydrogens is 168 g/mol. The summed E-state index contributed by atoms with van der Waals surface area (Å²) in [5.41, 5.74) is 1.02. The molecule has 0 fully saturated rings. The molecule has 0 radical (unpaired) electrons. The topological polar surface area (TPSA) is 36.2 Å². The van der Waals surface area contributed by atoms with E-state index in [2.05, 4.69) is 4.99 Å². The minimum Gasteiger partial charge on any atom is -0.277 e. The third-order valence-corrected chi connectivity index (χ3v) is 1.82. The summed E-state index contributed by atoms with van der Waals surface area (Å²) in [7, 11) is 0. The lowest BCUT2D eigenvalue weighted by atomic mass is 10.2. The lowest BCUT2D eigenvalue weighted by Gasteiger charge is -1.90. The predicted octanol–water partition coefficient (Wildman–Crippen LogP) is 2.40. The van der Waals surface area contributed by atoms with E-state index in [0.29, 0.717) is 5.17 Å². The summed E-state index contributed by atoms with van der Waals surface area (Å²) in [6.45, 7) is 0. The minimum atomic E-state index is 0.332. The standard InChI is InChI=1S/C9H10N2S/c1-12-9(10)11-7-8-5-3-2-4-6-8/h2-7,10H,1H3. The van der Waals surface area contributed by atoms with E-state index >= 15 is 0 Å². The molecular formula is C9H10N2S. The van der Waals surface area contributed by atoms with Gasteiger partial charge in [0.1, 0.15) is 0 Å². The quantitative estimate of drug-likeness (QED) is 0.520. The van der Waals surface area contributed by atoms with Crippen molar-refractivity contribution in [3.8, 4) is 0 Å². The van der Waals surface area contributed by atoms with E-state index in [0.717, 1.165) is 5.56 Å². The average Bonchev–Trinajstić information content (AvgIpc) is 2.16. The number of nitrogens with one attached hydrogen (secondary N) is 1. The number of thioether (sulfide) groups is 1. The van der Waals surface area contributed by atoms with E-state index in [1.165, 1.54) is 11.8 Å². The van der Waals surface area contributed by atoms with Crippen molar-refractivity contribution in [2.75, 3.05) is 6.26 Å². The molecule has 1 N–H and O–H groups in total. The average molecular weight is 178 g/mol. The first-order chi connectivity index (χ1) is 5.83. The number of amidine groups is 1. The van der Waals surface area contributed by atoms with E-state index in [1.807, 2.05) is 36.6 Å². The molecule has 0 heterocycles. The molecule has 0 saturated heterocycles. The van der Waals surface area contributed by atoms with Gasteiger partial charge in [0.05, 0.1) is 0 Å². The first kappa shape index (κ1) is 9.00. The molecule has 0 aliphatic heterocycles. The molecule has 0 saturated carbocycles. The highest BCUT2D eigenvalue weighted by molar-refractivity contribution is 8.13. The van der Waals surface area contributed by atoms with Crippen LogP contribution in [0.15, 0.2) is 35.3 Å². The fourth-order valence-electron chi connectivity index (χ4n) is 0.725. The maximum absolute atomic E-state index is 7.25. The van der Waals surface area contributed by atoms with Crippen molar-refractivity contribution in [3.63, 3.8) is 0 Å². The SMILES string of the molecule is CSC(=N)N=Cc1ccccc1. The molecule has 0 atom stereocenters. The molecule has 0 aliphatic carbocycles. The van der Waals surface area contributed by atoms with Crippen LogP contribution in [0, 0.1) is 5.41 Å². The van der Waals surface area contributed by atoms with Crippen molar-refractivity contribution in [2.24, 2.45) is 4.99 Å². The lowest BCUT2D eigenvalue weighted by Crippen LogP contribution is -1.85. The smallest absolute Gasteiger partial charge is 0.179 e. The van der Waals surface area contributed by atoms with Crippen LogP contribution in [-0.4, -0.2) is 17.6 Å². The lowest BCUT2D eigenvalue weighted by molar-refractivity contribution is 1.50. The van der Waals surface area contributed by atoms with Gasteiger partial charge in [0, 0.05) is 6.21 Å². The number of hydrogen-bond acceptors (Lipinski definition) is 2. The van der Waals surface area contributed by atoms with Crippen LogP contribution in [0.2, 0.25) is 0 Å². The van der Waals surface area contributed by atoms with E-state index in [-0.39, 0.29) is 0 Å². The predicted molar refractivity (Wildman–Crippen MR) is 55.3 cm³/mol. The highest BCUT2D eigenvalue weighted by Crippen LogP contribution is 1.98. The van der Waals surface area contributed by atoms with Gasteiger partial charge in [-0.3, -0.25) is 5.41 Å². The number of rotatable bonds is 1. The first-order valence-electron chi connectivity index (χ1n) is 3.54. The summed E-state index contributed by atoms with van der Waals surface area (Å²) >= 11 is 1.33. The highest BCUT2D eigenvalue weighted by atomic mass is 32.2. The van der Waals surface area contributed by atoms with Crippen molar-refractivity contribution < 1.29 is 0 Å². The Morgan fingerprint density at radius 1 is 1.42 bits per heavy atom. The van der Waals surface area contributed by atoms with Crippen LogP contribution in [0.5, 0.6) is 0 Å². The summed E-state index contributed by atoms with van der Waals surface area (Å²) in [5, 5.41) is 7.58. The van der Waals surface area contributed by atoms with Gasteiger partial charge >= 0.3 is 0 Å². The molecule has 12 heavy (non-hydrogen) atoms. The van der Waals surface area contributed by atoms with Crippen LogP contribution < -0.4 is 0 Å². The molecule has 62 valence electrons. The van der Waals surface area contributed by atoms with Gasteiger partial charge < -0.3 is 0 Å². The van der Waals surface area contributed by atoms with Gasteiger partial charge in [-0.2, -0.15) is 0 Å². The number of aliphatic imine (C=N–C) groups is 1. The molecule has 1 aromatic rings. The summed E-state index contributed by atoms with van der Waals surface area (Å²) in [6.07, 6.45) is 3.53. The fourth-order valence-corrected chi connectivity index (χ4v) is 0.883. The van der Waals surface area contributed by atoms with Gasteiger partial charge in [-0.15, -0.1) is 0 Å². The largest absolute Gasteiger partial charge is 0.277 e. The monoisotopic (exact) mass is 178 g/mol. The van der Waals surface area contributed by atoms with Crippen LogP contribution in [-0.2, 0) is 0 Å². The maximum atomic E-state index is 7.25. The second-order valence-corrected chi connectivity index (χ2v) is 2.97. The minimum absolute atomic E-state index is 0.332. The van der Waals surface area contributed by atoms with E-state index in [4.69, 9.17) is 5.41 Å². The first-order valence-corrected chi connectivity index (χ1v) is 4.77. The van der Waals surface area contributed by atoms with Gasteiger partial charge in [0.25, 0.3) is 0 Å². The van der Waals surface area contributed by atoms with Crippen molar-refractivity contribution in [2.45, 2.75) is 0 Å². The van der Waals surface area contributed by atoms with E-state index < -0.39 is 0 Å². The molecule has 0 bridgehead atoms. The Kier molecular flexibility index (Phi) is 3.54. The van der Waals surface area contributed by atoms with Crippen LogP contribution in [0.25, 0.3) is 0 Å². The Morgan fingerprint density at radius 3 is 2.67 bits per heavy atom. The van der Waals surface area contributed by atoms with E-state index in [9.17, 15) is 0 Å². The third-order valence-electron chi connectivity index (χ3n) is 1.32. The van der Waals surface area contributed by atoms with E-state index in [1.54, 1.807) is 6.21 Å². The number of benzene rings is 1. The molecule has 0 unspecified atom stereocenters. The number of hydrogen-bond donors (Lipinski definition) is 1. The summed E-state index contributed by atoms with van der Waals surface area (Å²) in [6, 6.07) is 9.76. The van der Waals surface area contributed by atoms with Gasteiger partial charge in [0.2, 0.25) is 0 Å². The Bertz CT molecular complexity index is 280. The molecule has 0 aliphatic rings. The Hall–Kier alpha value is -1.09. The molecule has 0 spiro atoms. The fraction of sp³-hybridized carbons (Fsp3) is 0.111. The Morgan fingerprint density at radius 2 is 2.08 bits per heavy atom. The van der Waals surface area contributed by atoms with Crippen LogP contribution in [0.4, 0.5) is 0 Å². The highest BCUT2D eigenvalue weighted by Gasteiger charge is 1.86. The molecule has 0 aromatic heterocycles. The summed E-state index contributed by atoms with van der Waals surface area (Å²) < 4.78 is 0. The van der Waals surface area contributed by atoms with Gasteiger partial charge in [-0.25, -0.2) is 4.99 Å². The van der Waals surface area contributed by atoms with Crippen molar-refractivity contribution >= 4 is 23.1 Å². The molecule has 3 heteroatoms. The van der Waals surface area contributed by atoms with Gasteiger partial charge in [-0.05, 0) is 11.8 Å². The second kappa shape index (κ2) is 4.72. The number of nitrogens with zero attached hydrogens (tertiary/aromatic N) is 1. The summed E-state index contributed by atoms with van der Waals surface area (Å²) in [4.78, 5) is 3.93.